The van der Waals surface area contributed by atoms with Gasteiger partial charge in [0.25, 0.3) is 0 Å². The van der Waals surface area contributed by atoms with Crippen LogP contribution >= 0.6 is 0 Å². The Morgan fingerprint density at radius 2 is 1.89 bits per heavy atom. The monoisotopic (exact) mass is 252 g/mol. The van der Waals surface area contributed by atoms with Crippen LogP contribution in [-0.4, -0.2) is 21.7 Å². The third kappa shape index (κ3) is 2.51. The number of aliphatic hydroxyl groups excluding tert-OH is 1. The van der Waals surface area contributed by atoms with Crippen LogP contribution in [0.1, 0.15) is 12.0 Å². The molecule has 0 radical (unpaired) electrons. The molecule has 2 aromatic carbocycles. The zero-order valence-corrected chi connectivity index (χ0v) is 10.6. The van der Waals surface area contributed by atoms with Crippen molar-refractivity contribution < 1.29 is 5.11 Å². The average Bonchev–Trinajstić information content (AvgIpc) is 2.89. The normalized spacial score (nSPS) is 11.0. The second-order valence-corrected chi connectivity index (χ2v) is 4.63. The maximum atomic E-state index is 8.87. The second kappa shape index (κ2) is 5.24. The molecule has 3 heteroatoms. The summed E-state index contributed by atoms with van der Waals surface area (Å²) in [7, 11) is 0. The zero-order chi connectivity index (χ0) is 13.1. The van der Waals surface area contributed by atoms with Crippen LogP contribution in [-0.2, 0) is 6.42 Å². The number of imidazole rings is 1. The topological polar surface area (TPSA) is 48.9 Å². The van der Waals surface area contributed by atoms with Crippen LogP contribution in [0.2, 0.25) is 0 Å². The summed E-state index contributed by atoms with van der Waals surface area (Å²) in [5.74, 6) is 0.898. The fourth-order valence-corrected chi connectivity index (χ4v) is 2.23. The molecule has 2 N–H and O–H groups in total. The standard InChI is InChI=1S/C16H16N2O/c19-10-4-5-12-8-9-14-15(11-12)18-16(17-14)13-6-2-1-3-7-13/h1-3,6-9,11,19H,4-5,10H2,(H,17,18). The first kappa shape index (κ1) is 11.9. The highest BCUT2D eigenvalue weighted by molar-refractivity contribution is 5.80. The molecular formula is C16H16N2O. The van der Waals surface area contributed by atoms with Crippen LogP contribution in [0.5, 0.6) is 0 Å². The van der Waals surface area contributed by atoms with Gasteiger partial charge in [0.2, 0.25) is 0 Å². The van der Waals surface area contributed by atoms with Gasteiger partial charge in [0, 0.05) is 12.2 Å². The summed E-state index contributed by atoms with van der Waals surface area (Å²) >= 11 is 0. The highest BCUT2D eigenvalue weighted by Gasteiger charge is 2.05. The maximum Gasteiger partial charge on any atom is 0.138 e. The molecule has 3 nitrogen and oxygen atoms in total. The third-order valence-corrected chi connectivity index (χ3v) is 3.22. The Labute approximate surface area is 111 Å². The molecule has 0 amide bonds. The van der Waals surface area contributed by atoms with Gasteiger partial charge < -0.3 is 10.1 Å². The summed E-state index contributed by atoms with van der Waals surface area (Å²) in [6.45, 7) is 0.232. The molecule has 0 bridgehead atoms. The number of fused-ring (bicyclic) bond motifs is 1. The van der Waals surface area contributed by atoms with Crippen molar-refractivity contribution in [3.05, 3.63) is 54.1 Å². The van der Waals surface area contributed by atoms with Crippen molar-refractivity contribution in [2.75, 3.05) is 6.61 Å². The van der Waals surface area contributed by atoms with Crippen molar-refractivity contribution in [1.29, 1.82) is 0 Å². The Kier molecular flexibility index (Phi) is 3.29. The number of H-pyrrole nitrogens is 1. The number of aromatic amines is 1. The molecule has 96 valence electrons. The number of nitrogens with zero attached hydrogens (tertiary/aromatic N) is 1. The second-order valence-electron chi connectivity index (χ2n) is 4.63. The van der Waals surface area contributed by atoms with Crippen molar-refractivity contribution in [3.8, 4) is 11.4 Å². The SMILES string of the molecule is OCCCc1ccc2nc(-c3ccccc3)[nH]c2c1. The van der Waals surface area contributed by atoms with Gasteiger partial charge in [0.1, 0.15) is 5.82 Å². The van der Waals surface area contributed by atoms with Gasteiger partial charge in [-0.3, -0.25) is 0 Å². The van der Waals surface area contributed by atoms with Crippen LogP contribution in [0, 0.1) is 0 Å². The Balaban J connectivity index is 1.97. The molecule has 0 spiro atoms. The lowest BCUT2D eigenvalue weighted by molar-refractivity contribution is 0.288. The Hall–Kier alpha value is -2.13. The van der Waals surface area contributed by atoms with Crippen molar-refractivity contribution in [2.24, 2.45) is 0 Å². The molecule has 0 saturated carbocycles. The summed E-state index contributed by atoms with van der Waals surface area (Å²) < 4.78 is 0. The number of aromatic nitrogens is 2. The van der Waals surface area contributed by atoms with Crippen molar-refractivity contribution >= 4 is 11.0 Å². The number of aliphatic hydroxyl groups is 1. The van der Waals surface area contributed by atoms with E-state index in [0.717, 1.165) is 35.3 Å². The van der Waals surface area contributed by atoms with Gasteiger partial charge in [-0.25, -0.2) is 4.98 Å². The Bertz CT molecular complexity index is 674. The first-order valence-electron chi connectivity index (χ1n) is 6.52. The van der Waals surface area contributed by atoms with Crippen LogP contribution in [0.25, 0.3) is 22.4 Å². The van der Waals surface area contributed by atoms with Crippen molar-refractivity contribution in [1.82, 2.24) is 9.97 Å². The molecule has 0 unspecified atom stereocenters. The van der Waals surface area contributed by atoms with Crippen molar-refractivity contribution in [2.45, 2.75) is 12.8 Å². The minimum Gasteiger partial charge on any atom is -0.396 e. The maximum absolute atomic E-state index is 8.87. The van der Waals surface area contributed by atoms with E-state index in [2.05, 4.69) is 22.1 Å². The lowest BCUT2D eigenvalue weighted by atomic mass is 10.1. The first-order chi connectivity index (χ1) is 9.36. The molecule has 0 aliphatic rings. The number of hydrogen-bond acceptors (Lipinski definition) is 2. The number of benzene rings is 2. The molecule has 0 aliphatic heterocycles. The molecule has 1 aromatic heterocycles. The lowest BCUT2D eigenvalue weighted by Gasteiger charge is -1.98. The number of rotatable bonds is 4. The van der Waals surface area contributed by atoms with Gasteiger partial charge in [0.15, 0.2) is 0 Å². The molecule has 19 heavy (non-hydrogen) atoms. The largest absolute Gasteiger partial charge is 0.396 e. The number of nitrogens with one attached hydrogen (secondary N) is 1. The van der Waals surface area contributed by atoms with Crippen LogP contribution in [0.4, 0.5) is 0 Å². The number of hydrogen-bond donors (Lipinski definition) is 2. The predicted octanol–water partition coefficient (Wildman–Crippen LogP) is 3.15. The lowest BCUT2D eigenvalue weighted by Crippen LogP contribution is -1.88. The zero-order valence-electron chi connectivity index (χ0n) is 10.6. The van der Waals surface area contributed by atoms with E-state index < -0.39 is 0 Å². The number of aryl methyl sites for hydroxylation is 1. The fraction of sp³-hybridized carbons (Fsp3) is 0.188. The molecule has 0 atom stereocenters. The highest BCUT2D eigenvalue weighted by Crippen LogP contribution is 2.21. The minimum atomic E-state index is 0.232. The fourth-order valence-electron chi connectivity index (χ4n) is 2.23. The summed E-state index contributed by atoms with van der Waals surface area (Å²) in [4.78, 5) is 7.95. The van der Waals surface area contributed by atoms with Gasteiger partial charge >= 0.3 is 0 Å². The van der Waals surface area contributed by atoms with E-state index in [-0.39, 0.29) is 6.61 Å². The minimum absolute atomic E-state index is 0.232. The summed E-state index contributed by atoms with van der Waals surface area (Å²) in [5.41, 5.74) is 4.35. The van der Waals surface area contributed by atoms with E-state index in [1.165, 1.54) is 5.56 Å². The van der Waals surface area contributed by atoms with Gasteiger partial charge in [-0.2, -0.15) is 0 Å². The quantitative estimate of drug-likeness (QED) is 0.749. The molecular weight excluding hydrogens is 236 g/mol. The van der Waals surface area contributed by atoms with E-state index in [1.807, 2.05) is 36.4 Å². The summed E-state index contributed by atoms with van der Waals surface area (Å²) in [6.07, 6.45) is 1.69. The first-order valence-corrected chi connectivity index (χ1v) is 6.52. The van der Waals surface area contributed by atoms with E-state index in [9.17, 15) is 0 Å². The van der Waals surface area contributed by atoms with E-state index in [1.54, 1.807) is 0 Å². The van der Waals surface area contributed by atoms with Crippen LogP contribution < -0.4 is 0 Å². The van der Waals surface area contributed by atoms with E-state index >= 15 is 0 Å². The van der Waals surface area contributed by atoms with Gasteiger partial charge in [0.05, 0.1) is 11.0 Å². The average molecular weight is 252 g/mol. The van der Waals surface area contributed by atoms with Crippen molar-refractivity contribution in [3.63, 3.8) is 0 Å². The van der Waals surface area contributed by atoms with Gasteiger partial charge in [-0.05, 0) is 30.5 Å². The summed E-state index contributed by atoms with van der Waals surface area (Å²) in [6, 6.07) is 16.3. The Morgan fingerprint density at radius 1 is 1.05 bits per heavy atom. The predicted molar refractivity (Wildman–Crippen MR) is 76.9 cm³/mol. The van der Waals surface area contributed by atoms with Gasteiger partial charge in [-0.1, -0.05) is 36.4 Å². The van der Waals surface area contributed by atoms with E-state index in [0.29, 0.717) is 0 Å². The van der Waals surface area contributed by atoms with Crippen LogP contribution in [0.3, 0.4) is 0 Å². The molecule has 1 heterocycles. The van der Waals surface area contributed by atoms with E-state index in [4.69, 9.17) is 5.11 Å². The molecule has 3 rings (SSSR count). The molecule has 0 aliphatic carbocycles. The highest BCUT2D eigenvalue weighted by atomic mass is 16.2. The van der Waals surface area contributed by atoms with Gasteiger partial charge in [-0.15, -0.1) is 0 Å². The smallest absolute Gasteiger partial charge is 0.138 e. The molecule has 3 aromatic rings. The molecule has 0 fully saturated rings. The Morgan fingerprint density at radius 3 is 2.68 bits per heavy atom. The molecule has 0 saturated heterocycles. The summed E-state index contributed by atoms with van der Waals surface area (Å²) in [5, 5.41) is 8.87. The third-order valence-electron chi connectivity index (χ3n) is 3.22. The van der Waals surface area contributed by atoms with Crippen LogP contribution in [0.15, 0.2) is 48.5 Å².